The van der Waals surface area contributed by atoms with Crippen molar-refractivity contribution in [2.24, 2.45) is 0 Å². The highest BCUT2D eigenvalue weighted by Crippen LogP contribution is 2.22. The van der Waals surface area contributed by atoms with Crippen molar-refractivity contribution < 1.29 is 37.8 Å². The van der Waals surface area contributed by atoms with Crippen LogP contribution in [0.25, 0.3) is 0 Å². The first kappa shape index (κ1) is 28.4. The molecule has 0 atom stereocenters. The van der Waals surface area contributed by atoms with E-state index in [-0.39, 0.29) is 10.8 Å². The van der Waals surface area contributed by atoms with Crippen LogP contribution in [0.2, 0.25) is 0 Å². The highest BCUT2D eigenvalue weighted by Gasteiger charge is 2.25. The molecule has 1 aromatic heterocycles. The number of hydrogen-bond donors (Lipinski definition) is 3. The molecule has 11 nitrogen and oxygen atoms in total. The average molecular weight is 528 g/mol. The van der Waals surface area contributed by atoms with Crippen molar-refractivity contribution in [3.05, 3.63) is 46.7 Å². The molecule has 0 unspecified atom stereocenters. The van der Waals surface area contributed by atoms with Crippen LogP contribution in [0.4, 0.5) is 5.69 Å². The van der Waals surface area contributed by atoms with E-state index in [0.29, 0.717) is 18.8 Å². The molecule has 0 radical (unpaired) electrons. The summed E-state index contributed by atoms with van der Waals surface area (Å²) < 4.78 is 33.5. The van der Waals surface area contributed by atoms with Crippen molar-refractivity contribution in [1.82, 2.24) is 9.21 Å². The number of carboxylic acids is 2. The van der Waals surface area contributed by atoms with E-state index < -0.39 is 22.0 Å². The zero-order chi connectivity index (χ0) is 25.8. The van der Waals surface area contributed by atoms with E-state index in [9.17, 15) is 13.2 Å². The summed E-state index contributed by atoms with van der Waals surface area (Å²) in [6.07, 6.45) is 0.759. The van der Waals surface area contributed by atoms with Gasteiger partial charge in [-0.05, 0) is 48.7 Å². The number of hydrogen-bond acceptors (Lipinski definition) is 8. The van der Waals surface area contributed by atoms with E-state index in [1.165, 1.54) is 6.92 Å². The minimum absolute atomic E-state index is 0.192. The van der Waals surface area contributed by atoms with Crippen molar-refractivity contribution in [3.8, 4) is 0 Å². The fraction of sp³-hybridized carbons (Fsp3) is 0.409. The highest BCUT2D eigenvalue weighted by atomic mass is 32.2. The Morgan fingerprint density at radius 3 is 2.23 bits per heavy atom. The fourth-order valence-corrected chi connectivity index (χ4v) is 5.48. The lowest BCUT2D eigenvalue weighted by molar-refractivity contribution is -0.159. The van der Waals surface area contributed by atoms with Crippen LogP contribution in [0.5, 0.6) is 0 Å². The van der Waals surface area contributed by atoms with Crippen molar-refractivity contribution >= 4 is 44.9 Å². The molecule has 0 saturated carbocycles. The Morgan fingerprint density at radius 2 is 1.71 bits per heavy atom. The minimum Gasteiger partial charge on any atom is -0.473 e. The Bertz CT molecular complexity index is 1050. The maximum absolute atomic E-state index is 13.3. The van der Waals surface area contributed by atoms with Gasteiger partial charge < -0.3 is 20.3 Å². The van der Waals surface area contributed by atoms with Gasteiger partial charge in [0.2, 0.25) is 15.9 Å². The maximum atomic E-state index is 13.3. The maximum Gasteiger partial charge on any atom is 0.414 e. The van der Waals surface area contributed by atoms with Gasteiger partial charge >= 0.3 is 11.9 Å². The van der Waals surface area contributed by atoms with Gasteiger partial charge in [-0.1, -0.05) is 6.07 Å². The zero-order valence-electron chi connectivity index (χ0n) is 19.3. The molecule has 1 fully saturated rings. The third kappa shape index (κ3) is 9.74. The van der Waals surface area contributed by atoms with Gasteiger partial charge in [-0.25, -0.2) is 18.0 Å². The molecule has 13 heteroatoms. The Morgan fingerprint density at radius 1 is 1.09 bits per heavy atom. The van der Waals surface area contributed by atoms with Gasteiger partial charge in [0.1, 0.15) is 0 Å². The van der Waals surface area contributed by atoms with Crippen LogP contribution >= 0.6 is 11.3 Å². The van der Waals surface area contributed by atoms with Gasteiger partial charge in [-0.2, -0.15) is 4.31 Å². The number of carbonyl (C=O) groups excluding carboxylic acids is 1. The quantitative estimate of drug-likeness (QED) is 0.414. The molecule has 35 heavy (non-hydrogen) atoms. The zero-order valence-corrected chi connectivity index (χ0v) is 20.9. The van der Waals surface area contributed by atoms with E-state index in [2.05, 4.69) is 10.2 Å². The summed E-state index contributed by atoms with van der Waals surface area (Å²) in [5.74, 6) is -3.84. The average Bonchev–Trinajstić information content (AvgIpc) is 3.33. The molecule has 1 amide bonds. The number of thiophene rings is 1. The van der Waals surface area contributed by atoms with Gasteiger partial charge in [0.05, 0.1) is 18.1 Å². The Hall–Kier alpha value is -2.84. The number of rotatable bonds is 9. The van der Waals surface area contributed by atoms with Crippen LogP contribution in [0.3, 0.4) is 0 Å². The minimum atomic E-state index is -3.64. The van der Waals surface area contributed by atoms with Gasteiger partial charge in [-0.15, -0.1) is 11.3 Å². The lowest BCUT2D eigenvalue weighted by Crippen LogP contribution is -2.39. The van der Waals surface area contributed by atoms with Gasteiger partial charge in [-0.3, -0.25) is 9.69 Å². The predicted molar refractivity (Wildman–Crippen MR) is 130 cm³/mol. The number of aliphatic carboxylic acids is 2. The molecule has 1 aromatic carbocycles. The molecule has 0 bridgehead atoms. The Labute approximate surface area is 208 Å². The highest BCUT2D eigenvalue weighted by molar-refractivity contribution is 7.89. The number of nitrogens with one attached hydrogen (secondary N) is 1. The summed E-state index contributed by atoms with van der Waals surface area (Å²) in [6.45, 7) is 6.32. The molecule has 0 aliphatic carbocycles. The molecular weight excluding hydrogens is 498 g/mol. The molecule has 2 heterocycles. The molecule has 0 spiro atoms. The second-order valence-corrected chi connectivity index (χ2v) is 10.5. The Balaban J connectivity index is 0.000000641. The number of carboxylic acid groups (broad SMARTS) is 2. The molecular formula is C22H29N3O8S2. The van der Waals surface area contributed by atoms with Gasteiger partial charge in [0.25, 0.3) is 0 Å². The smallest absolute Gasteiger partial charge is 0.414 e. The first-order valence-electron chi connectivity index (χ1n) is 10.8. The summed E-state index contributed by atoms with van der Waals surface area (Å²) in [5.41, 5.74) is 0.577. The van der Waals surface area contributed by atoms with Crippen LogP contribution < -0.4 is 5.32 Å². The topological polar surface area (TPSA) is 154 Å². The number of ether oxygens (including phenoxy) is 1. The third-order valence-corrected chi connectivity index (χ3v) is 7.61. The summed E-state index contributed by atoms with van der Waals surface area (Å²) >= 11 is 1.55. The first-order chi connectivity index (χ1) is 16.6. The lowest BCUT2D eigenvalue weighted by atomic mass is 10.3. The Kier molecular flexibility index (Phi) is 11.3. The number of nitrogens with zero attached hydrogens (tertiary/aromatic N) is 2. The predicted octanol–water partition coefficient (Wildman–Crippen LogP) is 1.78. The van der Waals surface area contributed by atoms with Gasteiger partial charge in [0, 0.05) is 43.7 Å². The van der Waals surface area contributed by atoms with Crippen molar-refractivity contribution in [3.63, 3.8) is 0 Å². The number of anilines is 1. The second kappa shape index (κ2) is 13.9. The molecule has 2 aromatic rings. The van der Waals surface area contributed by atoms with E-state index in [4.69, 9.17) is 24.5 Å². The van der Waals surface area contributed by atoms with E-state index in [1.54, 1.807) is 39.9 Å². The van der Waals surface area contributed by atoms with E-state index in [0.717, 1.165) is 44.1 Å². The molecule has 3 N–H and O–H groups in total. The largest absolute Gasteiger partial charge is 0.473 e. The van der Waals surface area contributed by atoms with Crippen molar-refractivity contribution in [2.45, 2.75) is 24.8 Å². The number of benzene rings is 1. The number of sulfonamides is 1. The molecule has 3 rings (SSSR count). The summed E-state index contributed by atoms with van der Waals surface area (Å²) in [4.78, 5) is 32.9. The first-order valence-corrected chi connectivity index (χ1v) is 13.1. The van der Waals surface area contributed by atoms with Crippen molar-refractivity contribution in [1.29, 1.82) is 0 Å². The van der Waals surface area contributed by atoms with E-state index in [1.807, 2.05) is 17.5 Å². The number of carbonyl (C=O) groups is 3. The SMILES string of the molecule is CC(=O)Nc1ccc(S(=O)(=O)N(CCCN2CCOCC2)Cc2cccs2)cc1.O=C(O)C(=O)O. The van der Waals surface area contributed by atoms with Crippen molar-refractivity contribution in [2.75, 3.05) is 44.7 Å². The van der Waals surface area contributed by atoms with E-state index >= 15 is 0 Å². The third-order valence-electron chi connectivity index (χ3n) is 4.89. The fourth-order valence-electron chi connectivity index (χ4n) is 3.22. The second-order valence-electron chi connectivity index (χ2n) is 7.54. The lowest BCUT2D eigenvalue weighted by Gasteiger charge is -2.28. The van der Waals surface area contributed by atoms with Crippen LogP contribution in [0.15, 0.2) is 46.7 Å². The summed E-state index contributed by atoms with van der Waals surface area (Å²) in [5, 5.41) is 19.4. The normalized spacial score (nSPS) is 14.1. The molecule has 1 aliphatic heterocycles. The monoisotopic (exact) mass is 527 g/mol. The molecule has 1 saturated heterocycles. The number of morpholine rings is 1. The van der Waals surface area contributed by atoms with Crippen LogP contribution in [0.1, 0.15) is 18.2 Å². The molecule has 192 valence electrons. The standard InChI is InChI=1S/C20H27N3O4S2.C2H2O4/c1-17(24)21-18-5-7-20(8-6-18)29(25,26)23(16-19-4-2-15-28-19)10-3-9-22-11-13-27-14-12-22;3-1(4)2(5)6/h2,4-8,15H,3,9-14,16H2,1H3,(H,21,24);(H,3,4)(H,5,6). The van der Waals surface area contributed by atoms with Crippen LogP contribution in [-0.4, -0.2) is 85.1 Å². The summed E-state index contributed by atoms with van der Waals surface area (Å²) in [7, 11) is -3.64. The van der Waals surface area contributed by atoms with Crippen LogP contribution in [-0.2, 0) is 35.7 Å². The number of amides is 1. The van der Waals surface area contributed by atoms with Crippen LogP contribution in [0, 0.1) is 0 Å². The molecule has 1 aliphatic rings. The summed E-state index contributed by atoms with van der Waals surface area (Å²) in [6, 6.07) is 10.2. The van der Waals surface area contributed by atoms with Gasteiger partial charge in [0.15, 0.2) is 0 Å².